The first-order valence-electron chi connectivity index (χ1n) is 15.2. The Balaban J connectivity index is 1.47. The van der Waals surface area contributed by atoms with Crippen LogP contribution < -0.4 is 15.5 Å². The molecule has 3 aliphatic heterocycles. The second kappa shape index (κ2) is 10.9. The number of benzene rings is 1. The van der Waals surface area contributed by atoms with E-state index in [4.69, 9.17) is 37.4 Å². The molecule has 0 aromatic heterocycles. The smallest absolute Gasteiger partial charge is 0.497 e. The van der Waals surface area contributed by atoms with Crippen molar-refractivity contribution < 1.29 is 42.2 Å². The number of amides is 1. The Kier molecular flexibility index (Phi) is 8.69. The van der Waals surface area contributed by atoms with E-state index in [9.17, 15) is 4.79 Å². The Morgan fingerprint density at radius 1 is 0.744 bits per heavy atom. The maximum absolute atomic E-state index is 12.3. The lowest BCUT2D eigenvalue weighted by molar-refractivity contribution is -0.0576. The van der Waals surface area contributed by atoms with Gasteiger partial charge in [0.2, 0.25) is 0 Å². The molecule has 3 aliphatic rings. The van der Waals surface area contributed by atoms with Crippen LogP contribution in [0.5, 0.6) is 5.75 Å². The number of hydrogen-bond donors (Lipinski definition) is 1. The van der Waals surface area contributed by atoms with Crippen LogP contribution in [0.15, 0.2) is 18.2 Å². The van der Waals surface area contributed by atoms with Gasteiger partial charge in [-0.1, -0.05) is 6.07 Å². The van der Waals surface area contributed by atoms with Gasteiger partial charge in [-0.05, 0) is 109 Å². The van der Waals surface area contributed by atoms with E-state index in [0.29, 0.717) is 24.3 Å². The minimum Gasteiger partial charge on any atom is -0.497 e. The Morgan fingerprint density at radius 3 is 1.77 bits per heavy atom. The summed E-state index contributed by atoms with van der Waals surface area (Å²) in [5, 5.41) is 2.75. The average molecular weight is 601 g/mol. The molecule has 3 saturated heterocycles. The summed E-state index contributed by atoms with van der Waals surface area (Å²) in [6.45, 7) is 25.8. The molecule has 1 aromatic carbocycles. The van der Waals surface area contributed by atoms with Gasteiger partial charge in [-0.2, -0.15) is 0 Å². The molecule has 4 rings (SSSR count). The molecular weight excluding hydrogens is 551 g/mol. The number of methoxy groups -OCH3 is 1. The van der Waals surface area contributed by atoms with Gasteiger partial charge in [0.25, 0.3) is 0 Å². The number of rotatable bonds is 7. The zero-order valence-electron chi connectivity index (χ0n) is 28.6. The molecule has 0 saturated carbocycles. The standard InChI is InChI=1S/C30H50B3NO9/c1-24(2,3)37-23(35)34-20-15-16-21(22(19-20)36-14)31-38-27(8,9)29(12,42-31)17-18-30(13)28(10,11)41-33(43-30)32-39-25(4,5)26(6,7)40-32/h15-16,19H,17-18H2,1-14H3,(H,34,35). The van der Waals surface area contributed by atoms with Crippen LogP contribution in [0.1, 0.15) is 103 Å². The van der Waals surface area contributed by atoms with Crippen molar-refractivity contribution in [2.24, 2.45) is 0 Å². The first-order valence-corrected chi connectivity index (χ1v) is 15.2. The molecule has 3 heterocycles. The van der Waals surface area contributed by atoms with Crippen LogP contribution in [-0.4, -0.2) is 73.5 Å². The Bertz CT molecular complexity index is 1200. The molecule has 2 unspecified atom stereocenters. The summed E-state index contributed by atoms with van der Waals surface area (Å²) >= 11 is 0. The number of carbonyl (C=O) groups is 1. The summed E-state index contributed by atoms with van der Waals surface area (Å²) < 4.78 is 49.7. The highest BCUT2D eigenvalue weighted by Gasteiger charge is 2.65. The van der Waals surface area contributed by atoms with Crippen LogP contribution in [0.4, 0.5) is 10.5 Å². The number of ether oxygens (including phenoxy) is 2. The summed E-state index contributed by atoms with van der Waals surface area (Å²) in [5.41, 5.74) is -2.87. The van der Waals surface area contributed by atoms with E-state index < -0.39 is 66.4 Å². The first-order chi connectivity index (χ1) is 19.4. The Hall–Kier alpha value is -1.76. The van der Waals surface area contributed by atoms with Crippen molar-refractivity contribution in [2.45, 2.75) is 142 Å². The van der Waals surface area contributed by atoms with Crippen molar-refractivity contribution in [3.63, 3.8) is 0 Å². The molecular formula is C30H50B3NO9. The summed E-state index contributed by atoms with van der Waals surface area (Å²) in [6, 6.07) is 5.35. The van der Waals surface area contributed by atoms with E-state index in [1.54, 1.807) is 19.2 Å². The fraction of sp³-hybridized carbons (Fsp3) is 0.767. The first kappa shape index (κ1) is 34.1. The van der Waals surface area contributed by atoms with Gasteiger partial charge in [0.15, 0.2) is 0 Å². The van der Waals surface area contributed by atoms with E-state index in [1.807, 2.05) is 82.2 Å². The molecule has 238 valence electrons. The molecule has 0 spiro atoms. The Labute approximate surface area is 258 Å². The van der Waals surface area contributed by atoms with E-state index in [2.05, 4.69) is 19.2 Å². The maximum Gasteiger partial charge on any atom is 0.498 e. The fourth-order valence-corrected chi connectivity index (χ4v) is 5.47. The predicted molar refractivity (Wildman–Crippen MR) is 169 cm³/mol. The summed E-state index contributed by atoms with van der Waals surface area (Å²) in [6.07, 6.45) is 0.734. The molecule has 0 radical (unpaired) electrons. The SMILES string of the molecule is COc1cc(NC(=O)OC(C)(C)C)ccc1B1OC(C)(C)C(C)(CCC2(C)OB(B3OC(C)(C)C(C)(C)O3)OC2(C)C)O1. The molecule has 1 N–H and O–H groups in total. The van der Waals surface area contributed by atoms with Crippen molar-refractivity contribution in [3.05, 3.63) is 18.2 Å². The van der Waals surface area contributed by atoms with Crippen molar-refractivity contribution >= 4 is 38.4 Å². The molecule has 0 aliphatic carbocycles. The average Bonchev–Trinajstić information content (AvgIpc) is 3.32. The molecule has 0 bridgehead atoms. The van der Waals surface area contributed by atoms with E-state index in [0.717, 1.165) is 5.46 Å². The number of hydrogen-bond acceptors (Lipinski definition) is 9. The minimum absolute atomic E-state index is 0.486. The van der Waals surface area contributed by atoms with Crippen LogP contribution >= 0.6 is 0 Å². The zero-order chi connectivity index (χ0) is 32.4. The van der Waals surface area contributed by atoms with Crippen LogP contribution in [-0.2, 0) is 32.7 Å². The molecule has 1 aromatic rings. The Morgan fingerprint density at radius 2 is 1.23 bits per heavy atom. The van der Waals surface area contributed by atoms with Crippen LogP contribution in [0.2, 0.25) is 0 Å². The second-order valence-corrected chi connectivity index (χ2v) is 15.4. The maximum atomic E-state index is 12.3. The van der Waals surface area contributed by atoms with Gasteiger partial charge in [-0.25, -0.2) is 4.79 Å². The van der Waals surface area contributed by atoms with E-state index in [-0.39, 0.29) is 0 Å². The van der Waals surface area contributed by atoms with E-state index >= 15 is 0 Å². The van der Waals surface area contributed by atoms with Gasteiger partial charge in [0.05, 0.1) is 40.7 Å². The van der Waals surface area contributed by atoms with Crippen LogP contribution in [0.3, 0.4) is 0 Å². The quantitative estimate of drug-likeness (QED) is 0.415. The largest absolute Gasteiger partial charge is 0.498 e. The predicted octanol–water partition coefficient (Wildman–Crippen LogP) is 5.34. The zero-order valence-corrected chi connectivity index (χ0v) is 28.6. The summed E-state index contributed by atoms with van der Waals surface area (Å²) in [7, 11) is -0.391. The van der Waals surface area contributed by atoms with Crippen molar-refractivity contribution in [1.29, 1.82) is 0 Å². The molecule has 1 amide bonds. The van der Waals surface area contributed by atoms with Gasteiger partial charge >= 0.3 is 27.2 Å². The van der Waals surface area contributed by atoms with Crippen molar-refractivity contribution in [2.75, 3.05) is 12.4 Å². The molecule has 3 fully saturated rings. The topological polar surface area (TPSA) is 103 Å². The lowest BCUT2D eigenvalue weighted by atomic mass is 9.49. The highest BCUT2D eigenvalue weighted by atomic mass is 16.7. The second-order valence-electron chi connectivity index (χ2n) is 15.4. The highest BCUT2D eigenvalue weighted by Crippen LogP contribution is 2.48. The van der Waals surface area contributed by atoms with Crippen LogP contribution in [0.25, 0.3) is 0 Å². The lowest BCUT2D eigenvalue weighted by Crippen LogP contribution is -2.50. The molecule has 13 heteroatoms. The third-order valence-electron chi connectivity index (χ3n) is 9.81. The van der Waals surface area contributed by atoms with Crippen molar-refractivity contribution in [3.8, 4) is 5.75 Å². The summed E-state index contributed by atoms with van der Waals surface area (Å²) in [4.78, 5) is 12.3. The van der Waals surface area contributed by atoms with Gasteiger partial charge in [0.1, 0.15) is 11.4 Å². The molecule has 10 nitrogen and oxygen atoms in total. The number of nitrogens with one attached hydrogen (secondary N) is 1. The van der Waals surface area contributed by atoms with Crippen LogP contribution in [0, 0.1) is 0 Å². The van der Waals surface area contributed by atoms with Gasteiger partial charge in [-0.15, -0.1) is 0 Å². The van der Waals surface area contributed by atoms with E-state index in [1.165, 1.54) is 0 Å². The third kappa shape index (κ3) is 6.63. The third-order valence-corrected chi connectivity index (χ3v) is 9.81. The minimum atomic E-state index is -0.676. The summed E-state index contributed by atoms with van der Waals surface area (Å²) in [5.74, 6) is 0.532. The molecule has 2 atom stereocenters. The van der Waals surface area contributed by atoms with Gasteiger partial charge in [-0.3, -0.25) is 5.32 Å². The monoisotopic (exact) mass is 601 g/mol. The number of anilines is 1. The normalized spacial score (nSPS) is 29.2. The number of carbonyl (C=O) groups excluding carboxylic acids is 1. The van der Waals surface area contributed by atoms with Gasteiger partial charge < -0.3 is 37.4 Å². The highest BCUT2D eigenvalue weighted by molar-refractivity contribution is 7.11. The van der Waals surface area contributed by atoms with Crippen molar-refractivity contribution in [1.82, 2.24) is 0 Å². The van der Waals surface area contributed by atoms with Gasteiger partial charge in [0, 0.05) is 17.2 Å². The lowest BCUT2D eigenvalue weighted by Gasteiger charge is -2.42. The fourth-order valence-electron chi connectivity index (χ4n) is 5.47. The molecule has 43 heavy (non-hydrogen) atoms.